The molecular formula is C17H15ClN2O3. The molecule has 0 fully saturated rings. The summed E-state index contributed by atoms with van der Waals surface area (Å²) in [5.41, 5.74) is 6.22. The molecule has 1 atom stereocenters. The van der Waals surface area contributed by atoms with E-state index in [0.717, 1.165) is 11.3 Å². The van der Waals surface area contributed by atoms with Crippen molar-refractivity contribution in [3.63, 3.8) is 0 Å². The molecule has 1 aliphatic rings. The molecule has 1 heterocycles. The maximum Gasteiger partial charge on any atom is 0.269 e. The minimum absolute atomic E-state index is 0.266. The first-order valence-electron chi connectivity index (χ1n) is 7.20. The number of hydrogen-bond acceptors (Lipinski definition) is 3. The van der Waals surface area contributed by atoms with E-state index >= 15 is 0 Å². The lowest BCUT2D eigenvalue weighted by atomic mass is 9.96. The number of carbonyl (C=O) groups excluding carboxylic acids is 2. The molecule has 0 aliphatic carbocycles. The normalized spacial score (nSPS) is 16.0. The fraction of sp³-hybridized carbons (Fsp3) is 0.176. The summed E-state index contributed by atoms with van der Waals surface area (Å²) in [4.78, 5) is 24.1. The Balaban J connectivity index is 1.58. The lowest BCUT2D eigenvalue weighted by Crippen LogP contribution is -2.47. The third-order valence-corrected chi connectivity index (χ3v) is 3.87. The van der Waals surface area contributed by atoms with Gasteiger partial charge in [0.2, 0.25) is 5.91 Å². The lowest BCUT2D eigenvalue weighted by Gasteiger charge is -2.24. The number of amides is 2. The van der Waals surface area contributed by atoms with Crippen LogP contribution in [-0.4, -0.2) is 18.4 Å². The summed E-state index contributed by atoms with van der Waals surface area (Å²) < 4.78 is 5.57. The third-order valence-electron chi connectivity index (χ3n) is 3.63. The highest BCUT2D eigenvalue weighted by molar-refractivity contribution is 6.30. The number of hydrazine groups is 1. The number of halogens is 1. The van der Waals surface area contributed by atoms with Gasteiger partial charge in [-0.05, 0) is 42.3 Å². The maximum atomic E-state index is 12.2. The average Bonchev–Trinajstić information content (AvgIpc) is 2.59. The molecule has 0 radical (unpaired) electrons. The quantitative estimate of drug-likeness (QED) is 0.831. The van der Waals surface area contributed by atoms with Crippen molar-refractivity contribution in [3.05, 3.63) is 64.7 Å². The Hall–Kier alpha value is -2.53. The van der Waals surface area contributed by atoms with Gasteiger partial charge in [0.1, 0.15) is 12.4 Å². The molecule has 5 nitrogen and oxygen atoms in total. The van der Waals surface area contributed by atoms with E-state index in [1.54, 1.807) is 42.5 Å². The molecule has 0 bridgehead atoms. The molecule has 2 amide bonds. The first kappa shape index (κ1) is 15.4. The molecule has 3 rings (SSSR count). The molecule has 0 aromatic heterocycles. The van der Waals surface area contributed by atoms with Crippen LogP contribution in [0.2, 0.25) is 5.02 Å². The molecular weight excluding hydrogens is 316 g/mol. The smallest absolute Gasteiger partial charge is 0.269 e. The third kappa shape index (κ3) is 3.63. The molecule has 1 aliphatic heterocycles. The summed E-state index contributed by atoms with van der Waals surface area (Å²) in [7, 11) is 0. The average molecular weight is 331 g/mol. The highest BCUT2D eigenvalue weighted by Crippen LogP contribution is 2.29. The highest BCUT2D eigenvalue weighted by atomic mass is 35.5. The van der Waals surface area contributed by atoms with Crippen molar-refractivity contribution in [2.24, 2.45) is 5.92 Å². The molecule has 6 heteroatoms. The Morgan fingerprint density at radius 2 is 1.87 bits per heavy atom. The van der Waals surface area contributed by atoms with Gasteiger partial charge in [-0.3, -0.25) is 20.4 Å². The SMILES string of the molecule is O=C(NNC(=O)[C@H]1COc2ccc(Cl)cc2C1)c1ccccc1. The number of benzene rings is 2. The van der Waals surface area contributed by atoms with Gasteiger partial charge >= 0.3 is 0 Å². The van der Waals surface area contributed by atoms with Gasteiger partial charge in [-0.15, -0.1) is 0 Å². The molecule has 0 spiro atoms. The predicted octanol–water partition coefficient (Wildman–Crippen LogP) is 2.35. The van der Waals surface area contributed by atoms with E-state index in [4.69, 9.17) is 16.3 Å². The summed E-state index contributed by atoms with van der Waals surface area (Å²) >= 11 is 5.96. The van der Waals surface area contributed by atoms with Crippen LogP contribution in [0.3, 0.4) is 0 Å². The van der Waals surface area contributed by atoms with Gasteiger partial charge < -0.3 is 4.74 Å². The van der Waals surface area contributed by atoms with Crippen molar-refractivity contribution in [2.75, 3.05) is 6.61 Å². The van der Waals surface area contributed by atoms with Crippen LogP contribution in [0.4, 0.5) is 0 Å². The molecule has 2 aromatic rings. The molecule has 118 valence electrons. The molecule has 0 saturated carbocycles. The Kier molecular flexibility index (Phi) is 4.48. The van der Waals surface area contributed by atoms with Crippen LogP contribution >= 0.6 is 11.6 Å². The zero-order valence-electron chi connectivity index (χ0n) is 12.2. The van der Waals surface area contributed by atoms with Crippen molar-refractivity contribution < 1.29 is 14.3 Å². The van der Waals surface area contributed by atoms with E-state index in [9.17, 15) is 9.59 Å². The van der Waals surface area contributed by atoms with Gasteiger partial charge in [0.15, 0.2) is 0 Å². The summed E-state index contributed by atoms with van der Waals surface area (Å²) in [5.74, 6) is -0.289. The van der Waals surface area contributed by atoms with Crippen LogP contribution in [0.1, 0.15) is 15.9 Å². The van der Waals surface area contributed by atoms with Crippen LogP contribution in [0.15, 0.2) is 48.5 Å². The minimum atomic E-state index is -0.378. The predicted molar refractivity (Wildman–Crippen MR) is 86.2 cm³/mol. The van der Waals surface area contributed by atoms with Crippen molar-refractivity contribution in [2.45, 2.75) is 6.42 Å². The molecule has 2 N–H and O–H groups in total. The Morgan fingerprint density at radius 1 is 1.09 bits per heavy atom. The van der Waals surface area contributed by atoms with Crippen LogP contribution in [0, 0.1) is 5.92 Å². The zero-order chi connectivity index (χ0) is 16.2. The topological polar surface area (TPSA) is 67.4 Å². The second kappa shape index (κ2) is 6.71. The second-order valence-electron chi connectivity index (χ2n) is 5.27. The number of hydrogen-bond donors (Lipinski definition) is 2. The Bertz CT molecular complexity index is 734. The Labute approximate surface area is 138 Å². The fourth-order valence-corrected chi connectivity index (χ4v) is 2.61. The molecule has 0 saturated heterocycles. The van der Waals surface area contributed by atoms with Crippen molar-refractivity contribution >= 4 is 23.4 Å². The van der Waals surface area contributed by atoms with Gasteiger partial charge in [-0.1, -0.05) is 29.8 Å². The number of fused-ring (bicyclic) bond motifs is 1. The lowest BCUT2D eigenvalue weighted by molar-refractivity contribution is -0.127. The minimum Gasteiger partial charge on any atom is -0.492 e. The van der Waals surface area contributed by atoms with Gasteiger partial charge in [0.25, 0.3) is 5.91 Å². The molecule has 2 aromatic carbocycles. The number of ether oxygens (including phenoxy) is 1. The van der Waals surface area contributed by atoms with E-state index in [0.29, 0.717) is 17.0 Å². The van der Waals surface area contributed by atoms with Crippen LogP contribution < -0.4 is 15.6 Å². The largest absolute Gasteiger partial charge is 0.492 e. The number of rotatable bonds is 2. The van der Waals surface area contributed by atoms with E-state index in [2.05, 4.69) is 10.9 Å². The zero-order valence-corrected chi connectivity index (χ0v) is 13.0. The van der Waals surface area contributed by atoms with Crippen LogP contribution in [-0.2, 0) is 11.2 Å². The first-order valence-corrected chi connectivity index (χ1v) is 7.58. The summed E-state index contributed by atoms with van der Waals surface area (Å²) in [6, 6.07) is 14.0. The van der Waals surface area contributed by atoms with Gasteiger partial charge in [-0.25, -0.2) is 0 Å². The van der Waals surface area contributed by atoms with Gasteiger partial charge in [-0.2, -0.15) is 0 Å². The number of carbonyl (C=O) groups is 2. The van der Waals surface area contributed by atoms with Gasteiger partial charge in [0, 0.05) is 10.6 Å². The highest BCUT2D eigenvalue weighted by Gasteiger charge is 2.26. The summed E-state index contributed by atoms with van der Waals surface area (Å²) in [5, 5.41) is 0.603. The maximum absolute atomic E-state index is 12.2. The standard InChI is InChI=1S/C17H15ClN2O3/c18-14-6-7-15-12(9-14)8-13(10-23-15)17(22)20-19-16(21)11-4-2-1-3-5-11/h1-7,9,13H,8,10H2,(H,19,21)(H,20,22)/t13-/m1/s1. The van der Waals surface area contributed by atoms with E-state index in [1.165, 1.54) is 0 Å². The monoisotopic (exact) mass is 330 g/mol. The van der Waals surface area contributed by atoms with Gasteiger partial charge in [0.05, 0.1) is 5.92 Å². The van der Waals surface area contributed by atoms with Crippen molar-refractivity contribution in [1.29, 1.82) is 0 Å². The first-order chi connectivity index (χ1) is 11.1. The molecule has 0 unspecified atom stereocenters. The number of nitrogens with one attached hydrogen (secondary N) is 2. The van der Waals surface area contributed by atoms with E-state index < -0.39 is 0 Å². The van der Waals surface area contributed by atoms with Crippen molar-refractivity contribution in [1.82, 2.24) is 10.9 Å². The molecule has 23 heavy (non-hydrogen) atoms. The summed E-state index contributed by atoms with van der Waals surface area (Å²) in [6.07, 6.45) is 0.517. The Morgan fingerprint density at radius 3 is 2.65 bits per heavy atom. The van der Waals surface area contributed by atoms with Crippen LogP contribution in [0.5, 0.6) is 5.75 Å². The second-order valence-corrected chi connectivity index (χ2v) is 5.71. The summed E-state index contributed by atoms with van der Waals surface area (Å²) in [6.45, 7) is 0.266. The fourth-order valence-electron chi connectivity index (χ4n) is 2.41. The van der Waals surface area contributed by atoms with Crippen molar-refractivity contribution in [3.8, 4) is 5.75 Å². The van der Waals surface area contributed by atoms with E-state index in [-0.39, 0.29) is 24.3 Å². The van der Waals surface area contributed by atoms with Crippen LogP contribution in [0.25, 0.3) is 0 Å². The van der Waals surface area contributed by atoms with E-state index in [1.807, 2.05) is 6.07 Å².